The molecule has 0 saturated carbocycles. The second-order valence-electron chi connectivity index (χ2n) is 5.14. The van der Waals surface area contributed by atoms with E-state index < -0.39 is 5.97 Å². The van der Waals surface area contributed by atoms with E-state index in [2.05, 4.69) is 0 Å². The van der Waals surface area contributed by atoms with E-state index in [0.29, 0.717) is 13.1 Å². The molecule has 0 aliphatic carbocycles. The van der Waals surface area contributed by atoms with Crippen molar-refractivity contribution in [1.29, 1.82) is 0 Å². The van der Waals surface area contributed by atoms with E-state index in [1.165, 1.54) is 12.1 Å². The summed E-state index contributed by atoms with van der Waals surface area (Å²) in [5.41, 5.74) is 2.70. The Morgan fingerprint density at radius 1 is 1.10 bits per heavy atom. The van der Waals surface area contributed by atoms with Gasteiger partial charge in [0.1, 0.15) is 5.82 Å². The molecule has 2 aromatic rings. The van der Waals surface area contributed by atoms with E-state index in [-0.39, 0.29) is 12.2 Å². The Morgan fingerprint density at radius 3 is 2.48 bits per heavy atom. The summed E-state index contributed by atoms with van der Waals surface area (Å²) >= 11 is 0. The van der Waals surface area contributed by atoms with Crippen molar-refractivity contribution >= 4 is 5.97 Å². The van der Waals surface area contributed by atoms with Gasteiger partial charge in [0, 0.05) is 13.1 Å². The Kier molecular flexibility index (Phi) is 5.06. The average Bonchev–Trinajstić information content (AvgIpc) is 2.40. The van der Waals surface area contributed by atoms with Crippen LogP contribution in [0.4, 0.5) is 4.39 Å². The zero-order chi connectivity index (χ0) is 15.2. The second-order valence-corrected chi connectivity index (χ2v) is 5.14. The second kappa shape index (κ2) is 6.99. The number of aliphatic carboxylic acids is 1. The molecule has 110 valence electrons. The van der Waals surface area contributed by atoms with Crippen LogP contribution in [0.1, 0.15) is 16.7 Å². The fourth-order valence-electron chi connectivity index (χ4n) is 2.34. The lowest BCUT2D eigenvalue weighted by Gasteiger charge is -2.18. The SMILES string of the molecule is CN(Cc1cccc(F)c1)Cc1ccccc1CC(=O)O. The lowest BCUT2D eigenvalue weighted by molar-refractivity contribution is -0.136. The van der Waals surface area contributed by atoms with E-state index in [0.717, 1.165) is 16.7 Å². The van der Waals surface area contributed by atoms with Gasteiger partial charge in [-0.1, -0.05) is 36.4 Å². The predicted molar refractivity (Wildman–Crippen MR) is 79.4 cm³/mol. The van der Waals surface area contributed by atoms with Crippen molar-refractivity contribution in [3.63, 3.8) is 0 Å². The van der Waals surface area contributed by atoms with E-state index in [1.807, 2.05) is 42.3 Å². The van der Waals surface area contributed by atoms with Crippen LogP contribution in [0.25, 0.3) is 0 Å². The van der Waals surface area contributed by atoms with Crippen molar-refractivity contribution in [2.75, 3.05) is 7.05 Å². The van der Waals surface area contributed by atoms with Gasteiger partial charge >= 0.3 is 5.97 Å². The highest BCUT2D eigenvalue weighted by Crippen LogP contribution is 2.14. The van der Waals surface area contributed by atoms with Crippen molar-refractivity contribution in [2.45, 2.75) is 19.5 Å². The minimum atomic E-state index is -0.838. The molecule has 0 heterocycles. The molecule has 0 unspecified atom stereocenters. The first kappa shape index (κ1) is 15.2. The third-order valence-corrected chi connectivity index (χ3v) is 3.24. The van der Waals surface area contributed by atoms with Crippen molar-refractivity contribution in [2.24, 2.45) is 0 Å². The van der Waals surface area contributed by atoms with E-state index in [9.17, 15) is 9.18 Å². The first-order chi connectivity index (χ1) is 10.0. The normalized spacial score (nSPS) is 10.8. The van der Waals surface area contributed by atoms with Crippen LogP contribution in [0.15, 0.2) is 48.5 Å². The molecule has 2 rings (SSSR count). The molecule has 2 aromatic carbocycles. The van der Waals surface area contributed by atoms with E-state index >= 15 is 0 Å². The van der Waals surface area contributed by atoms with Crippen LogP contribution in [0.2, 0.25) is 0 Å². The van der Waals surface area contributed by atoms with Gasteiger partial charge in [0.25, 0.3) is 0 Å². The first-order valence-corrected chi connectivity index (χ1v) is 6.76. The van der Waals surface area contributed by atoms with Crippen LogP contribution in [-0.2, 0) is 24.3 Å². The van der Waals surface area contributed by atoms with Gasteiger partial charge in [-0.15, -0.1) is 0 Å². The minimum absolute atomic E-state index is 0.0178. The van der Waals surface area contributed by atoms with Crippen molar-refractivity contribution < 1.29 is 14.3 Å². The topological polar surface area (TPSA) is 40.5 Å². The summed E-state index contributed by atoms with van der Waals surface area (Å²) in [4.78, 5) is 12.9. The minimum Gasteiger partial charge on any atom is -0.481 e. The monoisotopic (exact) mass is 287 g/mol. The van der Waals surface area contributed by atoms with Gasteiger partial charge < -0.3 is 5.11 Å². The highest BCUT2D eigenvalue weighted by Gasteiger charge is 2.09. The molecule has 0 aliphatic heterocycles. The molecule has 21 heavy (non-hydrogen) atoms. The summed E-state index contributed by atoms with van der Waals surface area (Å²) in [5, 5.41) is 8.94. The van der Waals surface area contributed by atoms with Gasteiger partial charge in [-0.3, -0.25) is 9.69 Å². The molecule has 1 N–H and O–H groups in total. The summed E-state index contributed by atoms with van der Waals surface area (Å²) in [7, 11) is 1.93. The third-order valence-electron chi connectivity index (χ3n) is 3.24. The van der Waals surface area contributed by atoms with Crippen LogP contribution in [0.3, 0.4) is 0 Å². The molecule has 0 aromatic heterocycles. The highest BCUT2D eigenvalue weighted by molar-refractivity contribution is 5.70. The summed E-state index contributed by atoms with van der Waals surface area (Å²) in [5.74, 6) is -1.08. The Labute approximate surface area is 123 Å². The van der Waals surface area contributed by atoms with E-state index in [1.54, 1.807) is 6.07 Å². The number of hydrogen-bond donors (Lipinski definition) is 1. The Bertz CT molecular complexity index is 628. The van der Waals surface area contributed by atoms with Crippen molar-refractivity contribution in [3.8, 4) is 0 Å². The Hall–Kier alpha value is -2.20. The number of rotatable bonds is 6. The van der Waals surface area contributed by atoms with Gasteiger partial charge in [0.15, 0.2) is 0 Å². The summed E-state index contributed by atoms with van der Waals surface area (Å²) in [6, 6.07) is 14.0. The largest absolute Gasteiger partial charge is 0.481 e. The van der Waals surface area contributed by atoms with Gasteiger partial charge in [-0.25, -0.2) is 4.39 Å². The molecule has 4 heteroatoms. The molecule has 0 saturated heterocycles. The molecule has 0 bridgehead atoms. The number of carbonyl (C=O) groups is 1. The van der Waals surface area contributed by atoms with Gasteiger partial charge in [-0.2, -0.15) is 0 Å². The van der Waals surface area contributed by atoms with Crippen LogP contribution >= 0.6 is 0 Å². The number of benzene rings is 2. The van der Waals surface area contributed by atoms with Gasteiger partial charge in [0.2, 0.25) is 0 Å². The molecular weight excluding hydrogens is 269 g/mol. The summed E-state index contributed by atoms with van der Waals surface area (Å²) in [6.45, 7) is 1.24. The number of nitrogens with zero attached hydrogens (tertiary/aromatic N) is 1. The maximum atomic E-state index is 13.2. The fraction of sp³-hybridized carbons (Fsp3) is 0.235. The maximum absolute atomic E-state index is 13.2. The highest BCUT2D eigenvalue weighted by atomic mass is 19.1. The number of carboxylic acids is 1. The smallest absolute Gasteiger partial charge is 0.307 e. The number of halogens is 1. The fourth-order valence-corrected chi connectivity index (χ4v) is 2.34. The standard InChI is InChI=1S/C17H18FNO2/c1-19(11-13-5-4-8-16(18)9-13)12-15-7-3-2-6-14(15)10-17(20)21/h2-9H,10-12H2,1H3,(H,20,21). The van der Waals surface area contributed by atoms with Crippen LogP contribution in [-0.4, -0.2) is 23.0 Å². The van der Waals surface area contributed by atoms with Gasteiger partial charge in [-0.05, 0) is 35.9 Å². The molecule has 0 aliphatic rings. The molecule has 0 spiro atoms. The molecule has 3 nitrogen and oxygen atoms in total. The lowest BCUT2D eigenvalue weighted by atomic mass is 10.0. The number of carboxylic acid groups (broad SMARTS) is 1. The van der Waals surface area contributed by atoms with Crippen molar-refractivity contribution in [3.05, 3.63) is 71.0 Å². The first-order valence-electron chi connectivity index (χ1n) is 6.76. The number of hydrogen-bond acceptors (Lipinski definition) is 2. The zero-order valence-electron chi connectivity index (χ0n) is 11.9. The maximum Gasteiger partial charge on any atom is 0.307 e. The lowest BCUT2D eigenvalue weighted by Crippen LogP contribution is -2.18. The van der Waals surface area contributed by atoms with Crippen molar-refractivity contribution in [1.82, 2.24) is 4.90 Å². The molecular formula is C17H18FNO2. The van der Waals surface area contributed by atoms with Gasteiger partial charge in [0.05, 0.1) is 6.42 Å². The van der Waals surface area contributed by atoms with Crippen LogP contribution < -0.4 is 0 Å². The predicted octanol–water partition coefficient (Wildman–Crippen LogP) is 3.08. The summed E-state index contributed by atoms with van der Waals surface area (Å²) < 4.78 is 13.2. The molecule has 0 radical (unpaired) electrons. The third kappa shape index (κ3) is 4.68. The Morgan fingerprint density at radius 2 is 1.81 bits per heavy atom. The Balaban J connectivity index is 2.05. The van der Waals surface area contributed by atoms with E-state index in [4.69, 9.17) is 5.11 Å². The average molecular weight is 287 g/mol. The van der Waals surface area contributed by atoms with Crippen LogP contribution in [0, 0.1) is 5.82 Å². The summed E-state index contributed by atoms with van der Waals surface area (Å²) in [6.07, 6.45) is 0.0178. The quantitative estimate of drug-likeness (QED) is 0.887. The molecule has 0 atom stereocenters. The molecule has 0 amide bonds. The van der Waals surface area contributed by atoms with Crippen LogP contribution in [0.5, 0.6) is 0 Å². The zero-order valence-corrected chi connectivity index (χ0v) is 11.9. The molecule has 0 fully saturated rings.